The average Bonchev–Trinajstić information content (AvgIpc) is 3.07. The highest BCUT2D eigenvalue weighted by molar-refractivity contribution is 6.10. The van der Waals surface area contributed by atoms with Gasteiger partial charge >= 0.3 is 0 Å². The van der Waals surface area contributed by atoms with Gasteiger partial charge in [-0.1, -0.05) is 30.4 Å². The van der Waals surface area contributed by atoms with Gasteiger partial charge in [0.05, 0.1) is 6.42 Å². The summed E-state index contributed by atoms with van der Waals surface area (Å²) in [5.41, 5.74) is 1.57. The number of hydrogen-bond donors (Lipinski definition) is 1. The number of ether oxygens (including phenoxy) is 2. The van der Waals surface area contributed by atoms with Crippen LogP contribution in [0.5, 0.6) is 17.2 Å². The number of fused-ring (bicyclic) bond motifs is 1. The zero-order chi connectivity index (χ0) is 17.6. The first-order valence-electron chi connectivity index (χ1n) is 7.71. The van der Waals surface area contributed by atoms with Crippen LogP contribution in [-0.4, -0.2) is 23.5 Å². The molecule has 0 saturated heterocycles. The van der Waals surface area contributed by atoms with Crippen molar-refractivity contribution in [3.05, 3.63) is 65.7 Å². The predicted molar refractivity (Wildman–Crippen MR) is 93.4 cm³/mol. The quantitative estimate of drug-likeness (QED) is 0.647. The fraction of sp³-hybridized carbons (Fsp3) is 0.100. The number of phenolic OH excluding ortho intramolecular Hbond substituents is 1. The van der Waals surface area contributed by atoms with E-state index >= 15 is 0 Å². The van der Waals surface area contributed by atoms with Gasteiger partial charge in [0.25, 0.3) is 0 Å². The van der Waals surface area contributed by atoms with Gasteiger partial charge in [-0.3, -0.25) is 9.59 Å². The largest absolute Gasteiger partial charge is 0.508 e. The Labute approximate surface area is 144 Å². The lowest BCUT2D eigenvalue weighted by atomic mass is 10.1. The van der Waals surface area contributed by atoms with Gasteiger partial charge in [-0.25, -0.2) is 0 Å². The summed E-state index contributed by atoms with van der Waals surface area (Å²) >= 11 is 0. The van der Waals surface area contributed by atoms with E-state index in [0.717, 1.165) is 11.1 Å². The van der Waals surface area contributed by atoms with Crippen LogP contribution in [0.1, 0.15) is 17.5 Å². The van der Waals surface area contributed by atoms with Crippen molar-refractivity contribution in [1.29, 1.82) is 0 Å². The Morgan fingerprint density at radius 2 is 1.48 bits per heavy atom. The fourth-order valence-electron chi connectivity index (χ4n) is 2.27. The van der Waals surface area contributed by atoms with E-state index in [4.69, 9.17) is 9.47 Å². The van der Waals surface area contributed by atoms with Crippen LogP contribution in [-0.2, 0) is 9.59 Å². The van der Waals surface area contributed by atoms with E-state index in [9.17, 15) is 14.7 Å². The Morgan fingerprint density at radius 1 is 0.880 bits per heavy atom. The Bertz CT molecular complexity index is 847. The lowest BCUT2D eigenvalue weighted by Crippen LogP contribution is -2.01. The van der Waals surface area contributed by atoms with Crippen LogP contribution in [0.15, 0.2) is 54.6 Å². The Morgan fingerprint density at radius 3 is 2.20 bits per heavy atom. The number of hydrogen-bond acceptors (Lipinski definition) is 5. The monoisotopic (exact) mass is 336 g/mol. The number of phenols is 1. The SMILES string of the molecule is O=C(C=Cc1ccc(O)cc1)CC(=O)C=Cc1ccc2c(c1)OCO2. The highest BCUT2D eigenvalue weighted by Gasteiger charge is 2.12. The first kappa shape index (κ1) is 16.5. The summed E-state index contributed by atoms with van der Waals surface area (Å²) in [6.07, 6.45) is 5.79. The van der Waals surface area contributed by atoms with Crippen molar-refractivity contribution in [2.75, 3.05) is 6.79 Å². The molecule has 126 valence electrons. The minimum atomic E-state index is -0.284. The molecule has 0 fully saturated rings. The summed E-state index contributed by atoms with van der Waals surface area (Å²) < 4.78 is 10.5. The molecule has 0 radical (unpaired) electrons. The number of allylic oxidation sites excluding steroid dienone is 2. The van der Waals surface area contributed by atoms with Crippen LogP contribution in [0.25, 0.3) is 12.2 Å². The minimum Gasteiger partial charge on any atom is -0.508 e. The molecular formula is C20H16O5. The summed E-state index contributed by atoms with van der Waals surface area (Å²) in [5.74, 6) is 0.916. The normalized spacial score (nSPS) is 12.8. The summed E-state index contributed by atoms with van der Waals surface area (Å²) in [4.78, 5) is 23.7. The molecule has 1 aliphatic heterocycles. The van der Waals surface area contributed by atoms with Crippen LogP contribution < -0.4 is 9.47 Å². The molecule has 1 N–H and O–H groups in total. The van der Waals surface area contributed by atoms with Gasteiger partial charge in [-0.2, -0.15) is 0 Å². The molecule has 0 atom stereocenters. The third-order valence-electron chi connectivity index (χ3n) is 3.56. The van der Waals surface area contributed by atoms with Gasteiger partial charge in [0.15, 0.2) is 23.1 Å². The van der Waals surface area contributed by atoms with Crippen LogP contribution in [0.4, 0.5) is 0 Å². The van der Waals surface area contributed by atoms with Crippen molar-refractivity contribution in [3.63, 3.8) is 0 Å². The number of aromatic hydroxyl groups is 1. The van der Waals surface area contributed by atoms with Crippen molar-refractivity contribution in [2.45, 2.75) is 6.42 Å². The molecule has 0 saturated carbocycles. The maximum absolute atomic E-state index is 11.9. The highest BCUT2D eigenvalue weighted by Crippen LogP contribution is 2.32. The van der Waals surface area contributed by atoms with Crippen LogP contribution in [0.3, 0.4) is 0 Å². The molecule has 0 unspecified atom stereocenters. The molecule has 0 bridgehead atoms. The minimum absolute atomic E-state index is 0.160. The van der Waals surface area contributed by atoms with Gasteiger partial charge in [0.1, 0.15) is 5.75 Å². The van der Waals surface area contributed by atoms with E-state index in [0.29, 0.717) is 11.5 Å². The van der Waals surface area contributed by atoms with Gasteiger partial charge in [-0.05, 0) is 47.5 Å². The summed E-state index contributed by atoms with van der Waals surface area (Å²) in [6, 6.07) is 11.8. The Balaban J connectivity index is 1.54. The second-order valence-corrected chi connectivity index (χ2v) is 5.48. The average molecular weight is 336 g/mol. The maximum atomic E-state index is 11.9. The molecular weight excluding hydrogens is 320 g/mol. The summed E-state index contributed by atoms with van der Waals surface area (Å²) in [5, 5.41) is 9.20. The number of benzene rings is 2. The molecule has 1 heterocycles. The number of ketones is 2. The van der Waals surface area contributed by atoms with Crippen LogP contribution in [0, 0.1) is 0 Å². The van der Waals surface area contributed by atoms with Gasteiger partial charge in [0, 0.05) is 0 Å². The lowest BCUT2D eigenvalue weighted by molar-refractivity contribution is -0.121. The fourth-order valence-corrected chi connectivity index (χ4v) is 2.27. The smallest absolute Gasteiger partial charge is 0.231 e. The lowest BCUT2D eigenvalue weighted by Gasteiger charge is -1.97. The van der Waals surface area contributed by atoms with E-state index < -0.39 is 0 Å². The number of carbonyl (C=O) groups excluding carboxylic acids is 2. The standard InChI is InChI=1S/C20H16O5/c21-16-6-1-14(2-7-16)3-8-17(22)12-18(23)9-4-15-5-10-19-20(11-15)25-13-24-19/h1-11,21H,12-13H2. The summed E-state index contributed by atoms with van der Waals surface area (Å²) in [6.45, 7) is 0.198. The third-order valence-corrected chi connectivity index (χ3v) is 3.56. The molecule has 1 aliphatic rings. The molecule has 0 spiro atoms. The molecule has 2 aromatic carbocycles. The first-order valence-corrected chi connectivity index (χ1v) is 7.71. The van der Waals surface area contributed by atoms with Crippen molar-refractivity contribution >= 4 is 23.7 Å². The van der Waals surface area contributed by atoms with Crippen molar-refractivity contribution in [2.24, 2.45) is 0 Å². The zero-order valence-electron chi connectivity index (χ0n) is 13.3. The second kappa shape index (κ2) is 7.49. The van der Waals surface area contributed by atoms with Gasteiger partial charge < -0.3 is 14.6 Å². The Hall–Kier alpha value is -3.34. The van der Waals surface area contributed by atoms with E-state index in [2.05, 4.69) is 0 Å². The number of carbonyl (C=O) groups is 2. The van der Waals surface area contributed by atoms with Crippen molar-refractivity contribution in [3.8, 4) is 17.2 Å². The number of rotatable bonds is 6. The van der Waals surface area contributed by atoms with E-state index in [-0.39, 0.29) is 30.5 Å². The molecule has 25 heavy (non-hydrogen) atoms. The molecule has 0 aromatic heterocycles. The third kappa shape index (κ3) is 4.57. The molecule has 5 nitrogen and oxygen atoms in total. The summed E-state index contributed by atoms with van der Waals surface area (Å²) in [7, 11) is 0. The van der Waals surface area contributed by atoms with E-state index in [1.807, 2.05) is 6.07 Å². The molecule has 3 rings (SSSR count). The van der Waals surface area contributed by atoms with Crippen LogP contribution >= 0.6 is 0 Å². The first-order chi connectivity index (χ1) is 12.1. The Kier molecular flexibility index (Phi) is 4.95. The van der Waals surface area contributed by atoms with Gasteiger partial charge in [-0.15, -0.1) is 0 Å². The second-order valence-electron chi connectivity index (χ2n) is 5.48. The van der Waals surface area contributed by atoms with E-state index in [1.165, 1.54) is 24.3 Å². The maximum Gasteiger partial charge on any atom is 0.231 e. The van der Waals surface area contributed by atoms with Gasteiger partial charge in [0.2, 0.25) is 6.79 Å². The van der Waals surface area contributed by atoms with Crippen LogP contribution in [0.2, 0.25) is 0 Å². The zero-order valence-corrected chi connectivity index (χ0v) is 13.3. The molecule has 2 aromatic rings. The van der Waals surface area contributed by atoms with E-state index in [1.54, 1.807) is 36.4 Å². The highest BCUT2D eigenvalue weighted by atomic mass is 16.7. The molecule has 5 heteroatoms. The topological polar surface area (TPSA) is 72.8 Å². The molecule has 0 amide bonds. The molecule has 0 aliphatic carbocycles. The van der Waals surface area contributed by atoms with Crippen molar-refractivity contribution < 1.29 is 24.2 Å². The predicted octanol–water partition coefficient (Wildman–Crippen LogP) is 3.38. The van der Waals surface area contributed by atoms with Crippen molar-refractivity contribution in [1.82, 2.24) is 0 Å².